The number of rotatable bonds is 6. The SMILES string of the molecule is CCCn1cc(N)cc1C(=O)OCOCC. The van der Waals surface area contributed by atoms with Crippen LogP contribution < -0.4 is 5.73 Å². The van der Waals surface area contributed by atoms with Gasteiger partial charge >= 0.3 is 5.97 Å². The summed E-state index contributed by atoms with van der Waals surface area (Å²) >= 11 is 0. The maximum absolute atomic E-state index is 11.6. The minimum Gasteiger partial charge on any atom is -0.434 e. The van der Waals surface area contributed by atoms with Gasteiger partial charge in [0.25, 0.3) is 0 Å². The first kappa shape index (κ1) is 12.6. The number of nitrogens with two attached hydrogens (primary N) is 1. The molecule has 0 saturated carbocycles. The zero-order valence-electron chi connectivity index (χ0n) is 9.73. The highest BCUT2D eigenvalue weighted by Crippen LogP contribution is 2.12. The van der Waals surface area contributed by atoms with Gasteiger partial charge in [-0.05, 0) is 19.4 Å². The maximum Gasteiger partial charge on any atom is 0.357 e. The van der Waals surface area contributed by atoms with Gasteiger partial charge in [0.1, 0.15) is 5.69 Å². The van der Waals surface area contributed by atoms with Gasteiger partial charge in [0.15, 0.2) is 6.79 Å². The van der Waals surface area contributed by atoms with E-state index in [4.69, 9.17) is 15.2 Å². The molecule has 0 aliphatic heterocycles. The summed E-state index contributed by atoms with van der Waals surface area (Å²) in [5.74, 6) is -0.404. The molecule has 0 radical (unpaired) electrons. The molecule has 0 saturated heterocycles. The number of esters is 1. The zero-order valence-corrected chi connectivity index (χ0v) is 9.73. The Morgan fingerprint density at radius 3 is 2.88 bits per heavy atom. The quantitative estimate of drug-likeness (QED) is 0.455. The minimum absolute atomic E-state index is 0.0213. The van der Waals surface area contributed by atoms with Crippen LogP contribution in [0.15, 0.2) is 12.3 Å². The van der Waals surface area contributed by atoms with Crippen LogP contribution in [0.25, 0.3) is 0 Å². The molecule has 1 aromatic rings. The lowest BCUT2D eigenvalue weighted by Crippen LogP contribution is -2.13. The van der Waals surface area contributed by atoms with Crippen molar-refractivity contribution < 1.29 is 14.3 Å². The van der Waals surface area contributed by atoms with Gasteiger partial charge in [-0.2, -0.15) is 0 Å². The fraction of sp³-hybridized carbons (Fsp3) is 0.545. The van der Waals surface area contributed by atoms with Crippen LogP contribution in [0.1, 0.15) is 30.8 Å². The summed E-state index contributed by atoms with van der Waals surface area (Å²) in [5.41, 5.74) is 6.68. The molecule has 1 aromatic heterocycles. The number of nitrogen functional groups attached to an aromatic ring is 1. The molecule has 0 bridgehead atoms. The average Bonchev–Trinajstić information content (AvgIpc) is 2.60. The lowest BCUT2D eigenvalue weighted by atomic mass is 10.4. The largest absolute Gasteiger partial charge is 0.434 e. The molecule has 0 aliphatic rings. The number of carbonyl (C=O) groups excluding carboxylic acids is 1. The van der Waals surface area contributed by atoms with Gasteiger partial charge in [0, 0.05) is 19.3 Å². The lowest BCUT2D eigenvalue weighted by molar-refractivity contribution is -0.0282. The average molecular weight is 226 g/mol. The standard InChI is InChI=1S/C11H18N2O3/c1-3-5-13-7-9(12)6-10(13)11(14)16-8-15-4-2/h6-7H,3-5,8,12H2,1-2H3. The number of ether oxygens (including phenoxy) is 2. The van der Waals surface area contributed by atoms with Gasteiger partial charge in [0.2, 0.25) is 0 Å². The van der Waals surface area contributed by atoms with Crippen molar-refractivity contribution in [3.8, 4) is 0 Å². The highest BCUT2D eigenvalue weighted by molar-refractivity contribution is 5.89. The first-order chi connectivity index (χ1) is 7.69. The van der Waals surface area contributed by atoms with Gasteiger partial charge in [-0.3, -0.25) is 0 Å². The zero-order chi connectivity index (χ0) is 12.0. The predicted octanol–water partition coefficient (Wildman–Crippen LogP) is 1.63. The molecule has 0 unspecified atom stereocenters. The summed E-state index contributed by atoms with van der Waals surface area (Å²) in [5, 5.41) is 0. The number of anilines is 1. The molecular formula is C11H18N2O3. The van der Waals surface area contributed by atoms with E-state index >= 15 is 0 Å². The number of hydrogen-bond donors (Lipinski definition) is 1. The maximum atomic E-state index is 11.6. The van der Waals surface area contributed by atoms with Crippen molar-refractivity contribution in [2.24, 2.45) is 0 Å². The van der Waals surface area contributed by atoms with Crippen LogP contribution in [0.4, 0.5) is 5.69 Å². The van der Waals surface area contributed by atoms with Gasteiger partial charge in [0.05, 0.1) is 5.69 Å². The third-order valence-electron chi connectivity index (χ3n) is 2.07. The molecular weight excluding hydrogens is 208 g/mol. The van der Waals surface area contributed by atoms with Crippen molar-refractivity contribution in [3.05, 3.63) is 18.0 Å². The third-order valence-corrected chi connectivity index (χ3v) is 2.07. The van der Waals surface area contributed by atoms with Crippen LogP contribution in [0.3, 0.4) is 0 Å². The van der Waals surface area contributed by atoms with Gasteiger partial charge in [-0.25, -0.2) is 4.79 Å². The van der Waals surface area contributed by atoms with Crippen LogP contribution in [-0.4, -0.2) is 23.9 Å². The molecule has 0 fully saturated rings. The molecule has 5 heteroatoms. The van der Waals surface area contributed by atoms with E-state index < -0.39 is 5.97 Å². The van der Waals surface area contributed by atoms with E-state index in [2.05, 4.69) is 0 Å². The molecule has 5 nitrogen and oxygen atoms in total. The molecule has 0 spiro atoms. The van der Waals surface area contributed by atoms with Crippen LogP contribution in [0.5, 0.6) is 0 Å². The molecule has 0 aromatic carbocycles. The first-order valence-corrected chi connectivity index (χ1v) is 5.39. The van der Waals surface area contributed by atoms with Crippen molar-refractivity contribution in [2.75, 3.05) is 19.1 Å². The van der Waals surface area contributed by atoms with Crippen molar-refractivity contribution in [1.82, 2.24) is 4.57 Å². The van der Waals surface area contributed by atoms with Crippen molar-refractivity contribution in [1.29, 1.82) is 0 Å². The fourth-order valence-electron chi connectivity index (χ4n) is 1.38. The van der Waals surface area contributed by atoms with E-state index in [9.17, 15) is 4.79 Å². The van der Waals surface area contributed by atoms with Crippen molar-refractivity contribution in [2.45, 2.75) is 26.8 Å². The van der Waals surface area contributed by atoms with Crippen LogP contribution in [0.2, 0.25) is 0 Å². The van der Waals surface area contributed by atoms with E-state index in [1.165, 1.54) is 0 Å². The molecule has 0 aliphatic carbocycles. The summed E-state index contributed by atoms with van der Waals surface area (Å²) in [7, 11) is 0. The van der Waals surface area contributed by atoms with E-state index in [-0.39, 0.29) is 6.79 Å². The number of hydrogen-bond acceptors (Lipinski definition) is 4. The topological polar surface area (TPSA) is 66.5 Å². The Hall–Kier alpha value is -1.49. The first-order valence-electron chi connectivity index (χ1n) is 5.39. The summed E-state index contributed by atoms with van der Waals surface area (Å²) in [6, 6.07) is 1.62. The smallest absolute Gasteiger partial charge is 0.357 e. The van der Waals surface area contributed by atoms with Crippen LogP contribution >= 0.6 is 0 Å². The Morgan fingerprint density at radius 2 is 2.25 bits per heavy atom. The molecule has 2 N–H and O–H groups in total. The van der Waals surface area contributed by atoms with Gasteiger partial charge in [-0.1, -0.05) is 6.92 Å². The minimum atomic E-state index is -0.404. The summed E-state index contributed by atoms with van der Waals surface area (Å²) in [6.45, 7) is 5.12. The Labute approximate surface area is 95.1 Å². The number of aryl methyl sites for hydroxylation is 1. The molecule has 16 heavy (non-hydrogen) atoms. The van der Waals surface area contributed by atoms with Crippen LogP contribution in [-0.2, 0) is 16.0 Å². The molecule has 90 valence electrons. The van der Waals surface area contributed by atoms with Crippen LogP contribution in [0, 0.1) is 0 Å². The Kier molecular flexibility index (Phi) is 4.85. The van der Waals surface area contributed by atoms with Gasteiger partial charge < -0.3 is 19.8 Å². The second-order valence-electron chi connectivity index (χ2n) is 3.39. The van der Waals surface area contributed by atoms with E-state index in [1.54, 1.807) is 16.8 Å². The third kappa shape index (κ3) is 3.27. The summed E-state index contributed by atoms with van der Waals surface area (Å²) in [4.78, 5) is 11.6. The summed E-state index contributed by atoms with van der Waals surface area (Å²) < 4.78 is 11.7. The second-order valence-corrected chi connectivity index (χ2v) is 3.39. The highest BCUT2D eigenvalue weighted by Gasteiger charge is 2.13. The monoisotopic (exact) mass is 226 g/mol. The fourth-order valence-corrected chi connectivity index (χ4v) is 1.38. The normalized spacial score (nSPS) is 10.4. The van der Waals surface area contributed by atoms with Crippen molar-refractivity contribution in [3.63, 3.8) is 0 Å². The molecule has 1 heterocycles. The second kappa shape index (κ2) is 6.17. The predicted molar refractivity (Wildman–Crippen MR) is 61.0 cm³/mol. The van der Waals surface area contributed by atoms with E-state index in [1.807, 2.05) is 13.8 Å². The Balaban J connectivity index is 2.66. The number of carbonyl (C=O) groups is 1. The van der Waals surface area contributed by atoms with E-state index in [0.717, 1.165) is 13.0 Å². The molecule has 0 amide bonds. The summed E-state index contributed by atoms with van der Waals surface area (Å²) in [6.07, 6.45) is 2.67. The van der Waals surface area contributed by atoms with Gasteiger partial charge in [-0.15, -0.1) is 0 Å². The molecule has 0 atom stereocenters. The lowest BCUT2D eigenvalue weighted by Gasteiger charge is -2.07. The molecule has 1 rings (SSSR count). The van der Waals surface area contributed by atoms with E-state index in [0.29, 0.717) is 18.0 Å². The number of nitrogens with zero attached hydrogens (tertiary/aromatic N) is 1. The number of aromatic nitrogens is 1. The Bertz CT molecular complexity index is 347. The Morgan fingerprint density at radius 1 is 1.50 bits per heavy atom. The van der Waals surface area contributed by atoms with Crippen molar-refractivity contribution >= 4 is 11.7 Å². The highest BCUT2D eigenvalue weighted by atomic mass is 16.7.